The first-order valence-corrected chi connectivity index (χ1v) is 10.5. The number of halogens is 2. The molecule has 2 fully saturated rings. The largest absolute Gasteiger partial charge is 0.377 e. The van der Waals surface area contributed by atoms with Crippen LogP contribution in [0, 0.1) is 0 Å². The van der Waals surface area contributed by atoms with Crippen molar-refractivity contribution in [3.63, 3.8) is 0 Å². The Morgan fingerprint density at radius 1 is 1.04 bits per heavy atom. The summed E-state index contributed by atoms with van der Waals surface area (Å²) in [6.45, 7) is 6.55. The van der Waals surface area contributed by atoms with Crippen molar-refractivity contribution in [2.75, 3.05) is 26.8 Å². The lowest BCUT2D eigenvalue weighted by molar-refractivity contribution is -0.120. The van der Waals surface area contributed by atoms with E-state index in [0.29, 0.717) is 6.61 Å². The molecular weight excluding hydrogens is 345 g/mol. The number of likely N-dealkylation sites (N-methyl/N-ethyl adjacent to an activating group) is 1. The van der Waals surface area contributed by atoms with Gasteiger partial charge in [0.25, 0.3) is 0 Å². The zero-order valence-electron chi connectivity index (χ0n) is 15.6. The van der Waals surface area contributed by atoms with Crippen LogP contribution in [0.15, 0.2) is 0 Å². The van der Waals surface area contributed by atoms with Crippen molar-refractivity contribution >= 4 is 23.2 Å². The summed E-state index contributed by atoms with van der Waals surface area (Å²) in [5, 5.41) is 0.208. The minimum Gasteiger partial charge on any atom is -0.377 e. The third kappa shape index (κ3) is 6.99. The number of rotatable bonds is 8. The molecule has 0 heterocycles. The third-order valence-electron chi connectivity index (χ3n) is 5.36. The molecule has 0 aliphatic heterocycles. The molecule has 0 N–H and O–H groups in total. The van der Waals surface area contributed by atoms with Crippen LogP contribution < -0.4 is 0 Å². The van der Waals surface area contributed by atoms with E-state index >= 15 is 0 Å². The zero-order chi connectivity index (χ0) is 17.6. The topological polar surface area (TPSA) is 21.7 Å². The fourth-order valence-electron chi connectivity index (χ4n) is 3.85. The summed E-state index contributed by atoms with van der Waals surface area (Å²) in [5.41, 5.74) is -0.305. The highest BCUT2D eigenvalue weighted by molar-refractivity contribution is 6.24. The van der Waals surface area contributed by atoms with Crippen LogP contribution in [-0.2, 0) is 9.47 Å². The quantitative estimate of drug-likeness (QED) is 0.445. The van der Waals surface area contributed by atoms with Crippen molar-refractivity contribution in [2.24, 2.45) is 0 Å². The van der Waals surface area contributed by atoms with Gasteiger partial charge in [-0.1, -0.05) is 19.3 Å². The Morgan fingerprint density at radius 3 is 2.42 bits per heavy atom. The van der Waals surface area contributed by atoms with Crippen molar-refractivity contribution in [3.8, 4) is 0 Å². The van der Waals surface area contributed by atoms with Crippen LogP contribution in [0.1, 0.15) is 65.2 Å². The van der Waals surface area contributed by atoms with E-state index in [1.807, 2.05) is 0 Å². The third-order valence-corrected chi connectivity index (χ3v) is 6.21. The average Bonchev–Trinajstić information content (AvgIpc) is 2.55. The summed E-state index contributed by atoms with van der Waals surface area (Å²) in [4.78, 5) is 2.46. The van der Waals surface area contributed by atoms with Crippen LogP contribution in [0.5, 0.6) is 0 Å². The molecule has 3 nitrogen and oxygen atoms in total. The van der Waals surface area contributed by atoms with Gasteiger partial charge in [-0.15, -0.1) is 23.2 Å². The zero-order valence-corrected chi connectivity index (χ0v) is 17.1. The summed E-state index contributed by atoms with van der Waals surface area (Å²) >= 11 is 12.6. The highest BCUT2D eigenvalue weighted by Crippen LogP contribution is 2.31. The molecule has 0 radical (unpaired) electrons. The molecular formula is C19H35Cl2NO2. The van der Waals surface area contributed by atoms with E-state index in [2.05, 4.69) is 25.8 Å². The minimum atomic E-state index is -0.305. The van der Waals surface area contributed by atoms with Crippen LogP contribution in [0.3, 0.4) is 0 Å². The molecule has 2 rings (SSSR count). The van der Waals surface area contributed by atoms with Gasteiger partial charge in [0.05, 0.1) is 30.3 Å². The van der Waals surface area contributed by atoms with Gasteiger partial charge in [0.2, 0.25) is 0 Å². The first kappa shape index (κ1) is 20.8. The van der Waals surface area contributed by atoms with Gasteiger partial charge in [0, 0.05) is 18.0 Å². The van der Waals surface area contributed by atoms with Crippen molar-refractivity contribution in [3.05, 3.63) is 0 Å². The molecule has 0 aromatic heterocycles. The second kappa shape index (κ2) is 9.97. The second-order valence-electron chi connectivity index (χ2n) is 8.17. The predicted molar refractivity (Wildman–Crippen MR) is 102 cm³/mol. The van der Waals surface area contributed by atoms with Crippen LogP contribution in [0.4, 0.5) is 0 Å². The summed E-state index contributed by atoms with van der Waals surface area (Å²) in [5.74, 6) is 0. The van der Waals surface area contributed by atoms with Crippen LogP contribution in [-0.4, -0.2) is 60.2 Å². The molecule has 3 unspecified atom stereocenters. The molecule has 3 atom stereocenters. The molecule has 0 aromatic carbocycles. The lowest BCUT2D eigenvalue weighted by Gasteiger charge is -2.37. The standard InChI is InChI=1S/C19H35Cl2NO2/c1-19(2,24-18-10-9-15(20)13-17(18)21)14-23-12-11-22(3)16-7-5-4-6-8-16/h15-18H,4-14H2,1-3H3. The summed E-state index contributed by atoms with van der Waals surface area (Å²) in [7, 11) is 2.23. The molecule has 0 amide bonds. The Morgan fingerprint density at radius 2 is 1.75 bits per heavy atom. The Balaban J connectivity index is 1.63. The number of nitrogens with zero attached hydrogens (tertiary/aromatic N) is 1. The molecule has 142 valence electrons. The van der Waals surface area contributed by atoms with E-state index in [1.54, 1.807) is 0 Å². The van der Waals surface area contributed by atoms with E-state index in [9.17, 15) is 0 Å². The van der Waals surface area contributed by atoms with E-state index in [1.165, 1.54) is 32.1 Å². The normalized spacial score (nSPS) is 30.0. The van der Waals surface area contributed by atoms with E-state index in [4.69, 9.17) is 32.7 Å². The van der Waals surface area contributed by atoms with Crippen LogP contribution in [0.2, 0.25) is 0 Å². The lowest BCUT2D eigenvalue weighted by Crippen LogP contribution is -2.42. The number of hydrogen-bond acceptors (Lipinski definition) is 3. The number of hydrogen-bond donors (Lipinski definition) is 0. The van der Waals surface area contributed by atoms with Gasteiger partial charge >= 0.3 is 0 Å². The van der Waals surface area contributed by atoms with Gasteiger partial charge in [-0.2, -0.15) is 0 Å². The minimum absolute atomic E-state index is 0.0120. The Hall–Kier alpha value is 0.460. The molecule has 0 saturated heterocycles. The molecule has 5 heteroatoms. The molecule has 2 aliphatic rings. The van der Waals surface area contributed by atoms with Gasteiger partial charge in [-0.3, -0.25) is 0 Å². The monoisotopic (exact) mass is 379 g/mol. The molecule has 2 aliphatic carbocycles. The SMILES string of the molecule is CN(CCOCC(C)(C)OC1CCC(Cl)CC1Cl)C1CCCCC1. The predicted octanol–water partition coefficient (Wildman–Crippen LogP) is 4.83. The maximum absolute atomic E-state index is 6.42. The Labute approximate surface area is 158 Å². The van der Waals surface area contributed by atoms with Gasteiger partial charge in [-0.25, -0.2) is 0 Å². The molecule has 24 heavy (non-hydrogen) atoms. The molecule has 2 saturated carbocycles. The fourth-order valence-corrected chi connectivity index (χ4v) is 4.65. The van der Waals surface area contributed by atoms with Gasteiger partial charge < -0.3 is 14.4 Å². The van der Waals surface area contributed by atoms with Gasteiger partial charge in [0.1, 0.15) is 0 Å². The fraction of sp³-hybridized carbons (Fsp3) is 1.00. The smallest absolute Gasteiger partial charge is 0.0863 e. The van der Waals surface area contributed by atoms with Crippen molar-refractivity contribution in [1.29, 1.82) is 0 Å². The second-order valence-corrected chi connectivity index (χ2v) is 9.35. The van der Waals surface area contributed by atoms with Crippen LogP contribution >= 0.6 is 23.2 Å². The van der Waals surface area contributed by atoms with Crippen molar-refractivity contribution in [1.82, 2.24) is 4.90 Å². The highest BCUT2D eigenvalue weighted by atomic mass is 35.5. The highest BCUT2D eigenvalue weighted by Gasteiger charge is 2.33. The average molecular weight is 380 g/mol. The van der Waals surface area contributed by atoms with E-state index < -0.39 is 0 Å². The maximum Gasteiger partial charge on any atom is 0.0863 e. The molecule has 0 spiro atoms. The van der Waals surface area contributed by atoms with Gasteiger partial charge in [0.15, 0.2) is 0 Å². The lowest BCUT2D eigenvalue weighted by atomic mass is 9.94. The van der Waals surface area contributed by atoms with E-state index in [-0.39, 0.29) is 22.5 Å². The van der Waals surface area contributed by atoms with Crippen molar-refractivity contribution in [2.45, 2.75) is 93.7 Å². The number of ether oxygens (including phenoxy) is 2. The summed E-state index contributed by atoms with van der Waals surface area (Å²) in [6.07, 6.45) is 9.68. The first-order chi connectivity index (χ1) is 11.4. The Kier molecular flexibility index (Phi) is 8.62. The van der Waals surface area contributed by atoms with Crippen LogP contribution in [0.25, 0.3) is 0 Å². The first-order valence-electron chi connectivity index (χ1n) is 9.61. The molecule has 0 bridgehead atoms. The van der Waals surface area contributed by atoms with E-state index in [0.717, 1.165) is 38.5 Å². The molecule has 0 aromatic rings. The number of alkyl halides is 2. The van der Waals surface area contributed by atoms with Crippen molar-refractivity contribution < 1.29 is 9.47 Å². The summed E-state index contributed by atoms with van der Waals surface area (Å²) in [6, 6.07) is 0.745. The Bertz CT molecular complexity index is 361. The maximum atomic E-state index is 6.42. The van der Waals surface area contributed by atoms with Gasteiger partial charge in [-0.05, 0) is 53.0 Å². The summed E-state index contributed by atoms with van der Waals surface area (Å²) < 4.78 is 12.2.